The molecule has 22 heavy (non-hydrogen) atoms. The van der Waals surface area contributed by atoms with Gasteiger partial charge in [0.15, 0.2) is 0 Å². The van der Waals surface area contributed by atoms with E-state index in [1.165, 1.54) is 0 Å². The van der Waals surface area contributed by atoms with E-state index in [4.69, 9.17) is 4.99 Å². The highest BCUT2D eigenvalue weighted by atomic mass is 16.2. The van der Waals surface area contributed by atoms with Gasteiger partial charge in [-0.25, -0.2) is 4.99 Å². The van der Waals surface area contributed by atoms with Crippen LogP contribution >= 0.6 is 0 Å². The normalized spacial score (nSPS) is 20.3. The fourth-order valence-electron chi connectivity index (χ4n) is 3.16. The van der Waals surface area contributed by atoms with Crippen molar-refractivity contribution in [3.8, 4) is 0 Å². The Hall–Kier alpha value is -2.62. The number of carbonyl (C=O) groups is 1. The van der Waals surface area contributed by atoms with Crippen molar-refractivity contribution in [1.29, 1.82) is 0 Å². The second-order valence-corrected chi connectivity index (χ2v) is 5.78. The van der Waals surface area contributed by atoms with Crippen molar-refractivity contribution in [2.24, 2.45) is 4.99 Å². The number of rotatable bonds is 1. The molecule has 2 aromatic carbocycles. The second-order valence-electron chi connectivity index (χ2n) is 5.78. The van der Waals surface area contributed by atoms with Crippen LogP contribution < -0.4 is 4.90 Å². The number of hydrogen-bond donors (Lipinski definition) is 0. The number of aliphatic imine (C=N–C) groups is 1. The maximum atomic E-state index is 12.4. The molecule has 2 aliphatic rings. The summed E-state index contributed by atoms with van der Waals surface area (Å²) >= 11 is 0. The van der Waals surface area contributed by atoms with Crippen LogP contribution in [-0.4, -0.2) is 22.8 Å². The number of carbonyl (C=O) groups excluding carboxylic acids is 1. The largest absolute Gasteiger partial charge is 0.309 e. The zero-order valence-electron chi connectivity index (χ0n) is 12.4. The number of para-hydroxylation sites is 2. The summed E-state index contributed by atoms with van der Waals surface area (Å²) in [4.78, 5) is 21.2. The molecule has 1 fully saturated rings. The first-order valence-electron chi connectivity index (χ1n) is 7.55. The van der Waals surface area contributed by atoms with E-state index in [0.717, 1.165) is 22.9 Å². The highest BCUT2D eigenvalue weighted by Crippen LogP contribution is 2.33. The van der Waals surface area contributed by atoms with Crippen LogP contribution in [0.4, 0.5) is 11.4 Å². The number of hydrogen-bond acceptors (Lipinski definition) is 3. The Labute approximate surface area is 129 Å². The fourth-order valence-corrected chi connectivity index (χ4v) is 3.16. The van der Waals surface area contributed by atoms with E-state index in [0.29, 0.717) is 13.0 Å². The summed E-state index contributed by atoms with van der Waals surface area (Å²) in [5.74, 6) is 0.890. The Bertz CT molecular complexity index is 754. The molecule has 1 saturated heterocycles. The van der Waals surface area contributed by atoms with Gasteiger partial charge in [-0.05, 0) is 30.7 Å². The van der Waals surface area contributed by atoms with E-state index < -0.39 is 0 Å². The SMILES string of the molecule is CC1CC(=O)N2Cc3ccccc3N=C2N1c1ccccc1. The summed E-state index contributed by atoms with van der Waals surface area (Å²) < 4.78 is 0. The average Bonchev–Trinajstić information content (AvgIpc) is 2.54. The summed E-state index contributed by atoms with van der Waals surface area (Å²) in [6.07, 6.45) is 0.510. The molecule has 4 nitrogen and oxygen atoms in total. The van der Waals surface area contributed by atoms with Gasteiger partial charge in [-0.15, -0.1) is 0 Å². The lowest BCUT2D eigenvalue weighted by Crippen LogP contribution is -2.57. The molecule has 110 valence electrons. The van der Waals surface area contributed by atoms with Gasteiger partial charge in [0.2, 0.25) is 11.9 Å². The molecule has 4 rings (SSSR count). The predicted octanol–water partition coefficient (Wildman–Crippen LogP) is 3.32. The van der Waals surface area contributed by atoms with E-state index in [-0.39, 0.29) is 11.9 Å². The molecule has 2 aromatic rings. The van der Waals surface area contributed by atoms with Gasteiger partial charge in [-0.1, -0.05) is 36.4 Å². The van der Waals surface area contributed by atoms with Crippen LogP contribution in [0.2, 0.25) is 0 Å². The summed E-state index contributed by atoms with van der Waals surface area (Å²) in [6, 6.07) is 18.3. The third-order valence-electron chi connectivity index (χ3n) is 4.24. The molecule has 1 atom stereocenters. The van der Waals surface area contributed by atoms with Gasteiger partial charge in [-0.3, -0.25) is 9.69 Å². The van der Waals surface area contributed by atoms with Crippen LogP contribution in [0, 0.1) is 0 Å². The van der Waals surface area contributed by atoms with Gasteiger partial charge in [0.25, 0.3) is 0 Å². The number of nitrogens with zero attached hydrogens (tertiary/aromatic N) is 3. The van der Waals surface area contributed by atoms with E-state index in [9.17, 15) is 4.79 Å². The smallest absolute Gasteiger partial charge is 0.231 e. The number of guanidine groups is 1. The summed E-state index contributed by atoms with van der Waals surface area (Å²) in [6.45, 7) is 2.68. The minimum absolute atomic E-state index is 0.107. The van der Waals surface area contributed by atoms with E-state index in [1.807, 2.05) is 42.5 Å². The van der Waals surface area contributed by atoms with Gasteiger partial charge in [0.1, 0.15) is 0 Å². The first-order valence-corrected chi connectivity index (χ1v) is 7.55. The minimum atomic E-state index is 0.107. The van der Waals surface area contributed by atoms with Crippen LogP contribution in [0.25, 0.3) is 0 Å². The molecule has 0 saturated carbocycles. The topological polar surface area (TPSA) is 35.9 Å². The fraction of sp³-hybridized carbons (Fsp3) is 0.222. The predicted molar refractivity (Wildman–Crippen MR) is 87.1 cm³/mol. The van der Waals surface area contributed by atoms with Crippen molar-refractivity contribution in [3.05, 3.63) is 60.2 Å². The van der Waals surface area contributed by atoms with Crippen LogP contribution in [0.3, 0.4) is 0 Å². The van der Waals surface area contributed by atoms with Gasteiger partial charge >= 0.3 is 0 Å². The number of anilines is 1. The molecule has 2 heterocycles. The van der Waals surface area contributed by atoms with E-state index in [2.05, 4.69) is 24.0 Å². The Morgan fingerprint density at radius 1 is 1.05 bits per heavy atom. The lowest BCUT2D eigenvalue weighted by Gasteiger charge is -2.43. The minimum Gasteiger partial charge on any atom is -0.309 e. The van der Waals surface area contributed by atoms with Crippen molar-refractivity contribution in [2.45, 2.75) is 25.9 Å². The average molecular weight is 291 g/mol. The molecule has 0 aliphatic carbocycles. The zero-order chi connectivity index (χ0) is 15.1. The van der Waals surface area contributed by atoms with Crippen molar-refractivity contribution >= 4 is 23.2 Å². The van der Waals surface area contributed by atoms with Crippen molar-refractivity contribution in [2.75, 3.05) is 4.90 Å². The number of amides is 1. The third-order valence-corrected chi connectivity index (χ3v) is 4.24. The lowest BCUT2D eigenvalue weighted by atomic mass is 10.1. The zero-order valence-corrected chi connectivity index (χ0v) is 12.4. The molecule has 2 aliphatic heterocycles. The van der Waals surface area contributed by atoms with Crippen LogP contribution in [-0.2, 0) is 11.3 Å². The van der Waals surface area contributed by atoms with Crippen molar-refractivity contribution < 1.29 is 4.79 Å². The molecule has 0 N–H and O–H groups in total. The van der Waals surface area contributed by atoms with Crippen molar-refractivity contribution in [3.63, 3.8) is 0 Å². The number of benzene rings is 2. The molecule has 0 aromatic heterocycles. The quantitative estimate of drug-likeness (QED) is 0.808. The summed E-state index contributed by atoms with van der Waals surface area (Å²) in [5, 5.41) is 0. The van der Waals surface area contributed by atoms with Gasteiger partial charge in [0, 0.05) is 18.2 Å². The third kappa shape index (κ3) is 1.99. The molecular weight excluding hydrogens is 274 g/mol. The van der Waals surface area contributed by atoms with E-state index in [1.54, 1.807) is 4.90 Å². The Balaban J connectivity index is 1.85. The first kappa shape index (κ1) is 13.1. The summed E-state index contributed by atoms with van der Waals surface area (Å²) in [7, 11) is 0. The van der Waals surface area contributed by atoms with Gasteiger partial charge in [0.05, 0.1) is 12.2 Å². The summed E-state index contributed by atoms with van der Waals surface area (Å²) in [5.41, 5.74) is 3.13. The highest BCUT2D eigenvalue weighted by Gasteiger charge is 2.37. The molecule has 1 amide bonds. The second kappa shape index (κ2) is 4.98. The van der Waals surface area contributed by atoms with E-state index >= 15 is 0 Å². The lowest BCUT2D eigenvalue weighted by molar-refractivity contribution is -0.129. The van der Waals surface area contributed by atoms with Gasteiger partial charge < -0.3 is 4.90 Å². The van der Waals surface area contributed by atoms with Crippen LogP contribution in [0.5, 0.6) is 0 Å². The maximum absolute atomic E-state index is 12.4. The molecule has 0 radical (unpaired) electrons. The number of fused-ring (bicyclic) bond motifs is 2. The maximum Gasteiger partial charge on any atom is 0.231 e. The van der Waals surface area contributed by atoms with Gasteiger partial charge in [-0.2, -0.15) is 0 Å². The van der Waals surface area contributed by atoms with Crippen LogP contribution in [0.1, 0.15) is 18.9 Å². The highest BCUT2D eigenvalue weighted by molar-refractivity contribution is 6.10. The molecule has 4 heteroatoms. The molecular formula is C18H17N3O. The molecule has 0 bridgehead atoms. The Morgan fingerprint density at radius 3 is 2.59 bits per heavy atom. The monoisotopic (exact) mass is 291 g/mol. The first-order chi connectivity index (χ1) is 10.7. The Morgan fingerprint density at radius 2 is 1.77 bits per heavy atom. The Kier molecular flexibility index (Phi) is 2.96. The molecule has 0 spiro atoms. The van der Waals surface area contributed by atoms with Crippen molar-refractivity contribution in [1.82, 2.24) is 4.90 Å². The van der Waals surface area contributed by atoms with Crippen LogP contribution in [0.15, 0.2) is 59.6 Å². The standard InChI is InChI=1S/C18H17N3O/c1-13-11-17(22)20-12-14-7-5-6-10-16(14)19-18(20)21(13)15-8-3-2-4-9-15/h2-10,13H,11-12H2,1H3. The molecule has 1 unspecified atom stereocenters.